The van der Waals surface area contributed by atoms with Crippen LogP contribution < -0.4 is 10.2 Å². The van der Waals surface area contributed by atoms with Crippen LogP contribution in [0.5, 0.6) is 0 Å². The second kappa shape index (κ2) is 6.02. The Hall–Kier alpha value is -1.61. The van der Waals surface area contributed by atoms with E-state index in [0.29, 0.717) is 6.04 Å². The molecule has 1 atom stereocenters. The molecule has 3 nitrogen and oxygen atoms in total. The maximum absolute atomic E-state index is 4.90. The Kier molecular flexibility index (Phi) is 4.11. The summed E-state index contributed by atoms with van der Waals surface area (Å²) in [5.74, 6) is 1.95. The molecule has 0 saturated carbocycles. The molecule has 1 fully saturated rings. The zero-order valence-electron chi connectivity index (χ0n) is 13.3. The number of nitrogens with zero attached hydrogens (tertiary/aromatic N) is 2. The van der Waals surface area contributed by atoms with Gasteiger partial charge in [0.15, 0.2) is 0 Å². The van der Waals surface area contributed by atoms with Crippen molar-refractivity contribution in [2.75, 3.05) is 25.0 Å². The van der Waals surface area contributed by atoms with E-state index in [1.165, 1.54) is 29.6 Å². The fraction of sp³-hybridized carbons (Fsp3) is 0.500. The van der Waals surface area contributed by atoms with Crippen LogP contribution in [0.15, 0.2) is 30.3 Å². The number of anilines is 1. The Morgan fingerprint density at radius 2 is 1.95 bits per heavy atom. The van der Waals surface area contributed by atoms with Gasteiger partial charge in [0.2, 0.25) is 0 Å². The lowest BCUT2D eigenvalue weighted by Crippen LogP contribution is -2.41. The number of para-hydroxylation sites is 1. The van der Waals surface area contributed by atoms with Crippen molar-refractivity contribution in [1.82, 2.24) is 10.3 Å². The van der Waals surface area contributed by atoms with Crippen molar-refractivity contribution < 1.29 is 0 Å². The lowest BCUT2D eigenvalue weighted by Gasteiger charge is -2.36. The number of hydrogen-bond acceptors (Lipinski definition) is 3. The number of hydrogen-bond donors (Lipinski definition) is 1. The van der Waals surface area contributed by atoms with Crippen LogP contribution in [0.25, 0.3) is 10.9 Å². The van der Waals surface area contributed by atoms with Crippen LogP contribution in [0.4, 0.5) is 5.82 Å². The number of piperidine rings is 1. The number of rotatable bonds is 3. The highest BCUT2D eigenvalue weighted by molar-refractivity contribution is 5.81. The predicted molar refractivity (Wildman–Crippen MR) is 89.9 cm³/mol. The van der Waals surface area contributed by atoms with Gasteiger partial charge in [-0.15, -0.1) is 0 Å². The Morgan fingerprint density at radius 1 is 1.24 bits per heavy atom. The van der Waals surface area contributed by atoms with Gasteiger partial charge in [-0.25, -0.2) is 4.98 Å². The molecule has 1 N–H and O–H groups in total. The van der Waals surface area contributed by atoms with Crippen LogP contribution >= 0.6 is 0 Å². The van der Waals surface area contributed by atoms with E-state index < -0.39 is 0 Å². The molecule has 0 amide bonds. The van der Waals surface area contributed by atoms with Gasteiger partial charge in [0.25, 0.3) is 0 Å². The highest BCUT2D eigenvalue weighted by Crippen LogP contribution is 2.28. The summed E-state index contributed by atoms with van der Waals surface area (Å²) in [6.07, 6.45) is 2.49. The summed E-state index contributed by atoms with van der Waals surface area (Å²) in [6.45, 7) is 6.70. The lowest BCUT2D eigenvalue weighted by atomic mass is 9.90. The summed E-state index contributed by atoms with van der Waals surface area (Å²) in [5.41, 5.74) is 2.39. The predicted octanol–water partition coefficient (Wildman–Crippen LogP) is 3.37. The molecule has 1 unspecified atom stereocenters. The standard InChI is InChI=1S/C18H25N3/c1-13-12-16-6-4-5-7-17(16)20-18(13)21-10-8-15(9-11-21)14(2)19-3/h4-7,12,14-15,19H,8-11H2,1-3H3. The van der Waals surface area contributed by atoms with E-state index in [1.54, 1.807) is 0 Å². The van der Waals surface area contributed by atoms with Crippen LogP contribution in [-0.4, -0.2) is 31.2 Å². The van der Waals surface area contributed by atoms with Gasteiger partial charge in [-0.1, -0.05) is 18.2 Å². The molecule has 2 aromatic rings. The number of pyridine rings is 1. The van der Waals surface area contributed by atoms with Crippen molar-refractivity contribution in [3.8, 4) is 0 Å². The zero-order valence-corrected chi connectivity index (χ0v) is 13.3. The average Bonchev–Trinajstić information content (AvgIpc) is 2.53. The molecule has 0 spiro atoms. The van der Waals surface area contributed by atoms with E-state index >= 15 is 0 Å². The van der Waals surface area contributed by atoms with E-state index in [1.807, 2.05) is 0 Å². The molecule has 0 radical (unpaired) electrons. The summed E-state index contributed by atoms with van der Waals surface area (Å²) >= 11 is 0. The van der Waals surface area contributed by atoms with E-state index in [0.717, 1.165) is 24.5 Å². The molecule has 2 heterocycles. The van der Waals surface area contributed by atoms with Crippen molar-refractivity contribution in [3.05, 3.63) is 35.9 Å². The summed E-state index contributed by atoms with van der Waals surface area (Å²) in [6, 6.07) is 11.3. The van der Waals surface area contributed by atoms with E-state index in [4.69, 9.17) is 4.98 Å². The lowest BCUT2D eigenvalue weighted by molar-refractivity contribution is 0.323. The van der Waals surface area contributed by atoms with Gasteiger partial charge in [0.05, 0.1) is 5.52 Å². The summed E-state index contributed by atoms with van der Waals surface area (Å²) in [7, 11) is 2.06. The third kappa shape index (κ3) is 2.88. The first-order valence-corrected chi connectivity index (χ1v) is 7.97. The first kappa shape index (κ1) is 14.3. The normalized spacial score (nSPS) is 18.1. The van der Waals surface area contributed by atoms with Crippen LogP contribution in [-0.2, 0) is 0 Å². The minimum atomic E-state index is 0.609. The maximum atomic E-state index is 4.90. The Balaban J connectivity index is 1.80. The highest BCUT2D eigenvalue weighted by Gasteiger charge is 2.24. The van der Waals surface area contributed by atoms with Crippen LogP contribution in [0.2, 0.25) is 0 Å². The molecule has 1 aliphatic rings. The van der Waals surface area contributed by atoms with E-state index in [2.05, 4.69) is 61.4 Å². The molecule has 3 heteroatoms. The van der Waals surface area contributed by atoms with Crippen molar-refractivity contribution >= 4 is 16.7 Å². The second-order valence-electron chi connectivity index (χ2n) is 6.22. The smallest absolute Gasteiger partial charge is 0.132 e. The molecule has 0 bridgehead atoms. The summed E-state index contributed by atoms with van der Waals surface area (Å²) in [4.78, 5) is 7.36. The van der Waals surface area contributed by atoms with Gasteiger partial charge in [-0.05, 0) is 57.4 Å². The van der Waals surface area contributed by atoms with Gasteiger partial charge < -0.3 is 10.2 Å². The molecular weight excluding hydrogens is 258 g/mol. The van der Waals surface area contributed by atoms with Gasteiger partial charge in [-0.3, -0.25) is 0 Å². The number of aryl methyl sites for hydroxylation is 1. The minimum absolute atomic E-state index is 0.609. The van der Waals surface area contributed by atoms with Crippen molar-refractivity contribution in [1.29, 1.82) is 0 Å². The van der Waals surface area contributed by atoms with Crippen LogP contribution in [0.1, 0.15) is 25.3 Å². The van der Waals surface area contributed by atoms with Crippen LogP contribution in [0.3, 0.4) is 0 Å². The van der Waals surface area contributed by atoms with Gasteiger partial charge >= 0.3 is 0 Å². The molecule has 1 aromatic heterocycles. The first-order valence-electron chi connectivity index (χ1n) is 7.97. The Labute approximate surface area is 127 Å². The molecule has 3 rings (SSSR count). The molecule has 1 aliphatic heterocycles. The third-order valence-electron chi connectivity index (χ3n) is 4.89. The first-order chi connectivity index (χ1) is 10.2. The summed E-state index contributed by atoms with van der Waals surface area (Å²) < 4.78 is 0. The fourth-order valence-corrected chi connectivity index (χ4v) is 3.38. The molecule has 0 aliphatic carbocycles. The number of benzene rings is 1. The number of nitrogens with one attached hydrogen (secondary N) is 1. The van der Waals surface area contributed by atoms with Crippen molar-refractivity contribution in [3.63, 3.8) is 0 Å². The second-order valence-corrected chi connectivity index (χ2v) is 6.22. The highest BCUT2D eigenvalue weighted by atomic mass is 15.2. The monoisotopic (exact) mass is 283 g/mol. The topological polar surface area (TPSA) is 28.2 Å². The Morgan fingerprint density at radius 3 is 2.67 bits per heavy atom. The van der Waals surface area contributed by atoms with Gasteiger partial charge in [0, 0.05) is 24.5 Å². The van der Waals surface area contributed by atoms with E-state index in [9.17, 15) is 0 Å². The van der Waals surface area contributed by atoms with E-state index in [-0.39, 0.29) is 0 Å². The summed E-state index contributed by atoms with van der Waals surface area (Å²) in [5, 5.41) is 4.62. The largest absolute Gasteiger partial charge is 0.356 e. The van der Waals surface area contributed by atoms with Crippen molar-refractivity contribution in [2.24, 2.45) is 5.92 Å². The molecule has 112 valence electrons. The maximum Gasteiger partial charge on any atom is 0.132 e. The van der Waals surface area contributed by atoms with Gasteiger partial charge in [0.1, 0.15) is 5.82 Å². The van der Waals surface area contributed by atoms with Crippen molar-refractivity contribution in [2.45, 2.75) is 32.7 Å². The quantitative estimate of drug-likeness (QED) is 0.936. The minimum Gasteiger partial charge on any atom is -0.356 e. The molecule has 21 heavy (non-hydrogen) atoms. The molecule has 1 aromatic carbocycles. The number of fused-ring (bicyclic) bond motifs is 1. The van der Waals surface area contributed by atoms with Gasteiger partial charge in [-0.2, -0.15) is 0 Å². The zero-order chi connectivity index (χ0) is 14.8. The Bertz CT molecular complexity index is 615. The number of aromatic nitrogens is 1. The molecular formula is C18H25N3. The fourth-order valence-electron chi connectivity index (χ4n) is 3.38. The average molecular weight is 283 g/mol. The molecule has 1 saturated heterocycles. The SMILES string of the molecule is CNC(C)C1CCN(c2nc3ccccc3cc2C)CC1. The van der Waals surface area contributed by atoms with Crippen LogP contribution in [0, 0.1) is 12.8 Å². The third-order valence-corrected chi connectivity index (χ3v) is 4.89.